The van der Waals surface area contributed by atoms with E-state index in [2.05, 4.69) is 25.5 Å². The summed E-state index contributed by atoms with van der Waals surface area (Å²) >= 11 is 0. The van der Waals surface area contributed by atoms with Gasteiger partial charge in [0.1, 0.15) is 0 Å². The number of hydrogen-bond donors (Lipinski definition) is 0. The molecule has 15 heavy (non-hydrogen) atoms. The van der Waals surface area contributed by atoms with Crippen LogP contribution in [-0.2, 0) is 14.9 Å². The number of rotatable bonds is 2. The van der Waals surface area contributed by atoms with Crippen molar-refractivity contribution in [1.29, 1.82) is 0 Å². The highest BCUT2D eigenvalue weighted by Crippen LogP contribution is 2.22. The van der Waals surface area contributed by atoms with Crippen LogP contribution in [-0.4, -0.2) is 12.4 Å². The van der Waals surface area contributed by atoms with Gasteiger partial charge in [-0.25, -0.2) is 9.59 Å². The third-order valence-electron chi connectivity index (χ3n) is 2.12. The second kappa shape index (κ2) is 4.26. The summed E-state index contributed by atoms with van der Waals surface area (Å²) in [5.74, 6) is -0.676. The van der Waals surface area contributed by atoms with Gasteiger partial charge in [0.05, 0.1) is 5.56 Å². The fourth-order valence-electron chi connectivity index (χ4n) is 1.20. The Kier molecular flexibility index (Phi) is 3.24. The van der Waals surface area contributed by atoms with Gasteiger partial charge >= 0.3 is 12.4 Å². The molecule has 0 saturated carbocycles. The van der Waals surface area contributed by atoms with Gasteiger partial charge in [-0.3, -0.25) is 0 Å². The molecule has 1 aromatic rings. The van der Waals surface area contributed by atoms with Crippen molar-refractivity contribution in [3.8, 4) is 0 Å². The first-order chi connectivity index (χ1) is 6.95. The van der Waals surface area contributed by atoms with Gasteiger partial charge in [0, 0.05) is 0 Å². The Labute approximate surface area is 89.1 Å². The monoisotopic (exact) mass is 205 g/mol. The molecule has 3 heteroatoms. The first-order valence-electron chi connectivity index (χ1n) is 4.64. The maximum atomic E-state index is 11.1. The highest BCUT2D eigenvalue weighted by Gasteiger charge is 2.14. The van der Waals surface area contributed by atoms with E-state index in [9.17, 15) is 9.59 Å². The second-order valence-corrected chi connectivity index (χ2v) is 4.30. The number of esters is 1. The van der Waals surface area contributed by atoms with Gasteiger partial charge in [0.2, 0.25) is 0 Å². The van der Waals surface area contributed by atoms with E-state index in [0.29, 0.717) is 5.56 Å². The molecule has 0 unspecified atom stereocenters. The lowest BCUT2D eigenvalue weighted by Crippen LogP contribution is -2.11. The summed E-state index contributed by atoms with van der Waals surface area (Å²) in [5.41, 5.74) is 1.51. The highest BCUT2D eigenvalue weighted by molar-refractivity contribution is 5.93. The van der Waals surface area contributed by atoms with Crippen LogP contribution in [0.2, 0.25) is 0 Å². The van der Waals surface area contributed by atoms with E-state index < -0.39 is 5.97 Å². The molecule has 0 aliphatic heterocycles. The molecule has 0 amide bonds. The lowest BCUT2D eigenvalue weighted by molar-refractivity contribution is 0.0710. The summed E-state index contributed by atoms with van der Waals surface area (Å²) in [7, 11) is 0. The SMILES string of the molecule is CC(C)(C)c1ccc(C(=O)O[C]=O)cc1. The lowest BCUT2D eigenvalue weighted by Gasteiger charge is -2.18. The first-order valence-corrected chi connectivity index (χ1v) is 4.64. The molecule has 1 radical (unpaired) electrons. The van der Waals surface area contributed by atoms with Crippen molar-refractivity contribution in [2.75, 3.05) is 0 Å². The van der Waals surface area contributed by atoms with E-state index in [0.717, 1.165) is 12.0 Å². The minimum absolute atomic E-state index is 0.0409. The van der Waals surface area contributed by atoms with Crippen molar-refractivity contribution < 1.29 is 14.3 Å². The summed E-state index contributed by atoms with van der Waals surface area (Å²) in [6.07, 6.45) is 0. The summed E-state index contributed by atoms with van der Waals surface area (Å²) in [4.78, 5) is 21.0. The van der Waals surface area contributed by atoms with E-state index in [-0.39, 0.29) is 5.41 Å². The minimum Gasteiger partial charge on any atom is -0.381 e. The summed E-state index contributed by atoms with van der Waals surface area (Å²) < 4.78 is 4.11. The molecule has 0 aliphatic carbocycles. The van der Waals surface area contributed by atoms with Crippen LogP contribution in [0.3, 0.4) is 0 Å². The maximum Gasteiger partial charge on any atom is 0.425 e. The van der Waals surface area contributed by atoms with Gasteiger partial charge in [-0.1, -0.05) is 32.9 Å². The van der Waals surface area contributed by atoms with Crippen LogP contribution in [0, 0.1) is 0 Å². The predicted molar refractivity (Wildman–Crippen MR) is 56.3 cm³/mol. The van der Waals surface area contributed by atoms with E-state index in [4.69, 9.17) is 0 Å². The Morgan fingerprint density at radius 1 is 1.20 bits per heavy atom. The summed E-state index contributed by atoms with van der Waals surface area (Å²) in [6, 6.07) is 6.98. The molecule has 3 nitrogen and oxygen atoms in total. The van der Waals surface area contributed by atoms with Gasteiger partial charge in [0.25, 0.3) is 0 Å². The summed E-state index contributed by atoms with van der Waals surface area (Å²) in [5, 5.41) is 0. The zero-order chi connectivity index (χ0) is 11.5. The van der Waals surface area contributed by atoms with Crippen LogP contribution in [0.1, 0.15) is 36.7 Å². The highest BCUT2D eigenvalue weighted by atomic mass is 16.6. The van der Waals surface area contributed by atoms with Gasteiger partial charge in [0.15, 0.2) is 0 Å². The Morgan fingerprint density at radius 2 is 1.73 bits per heavy atom. The quantitative estimate of drug-likeness (QED) is 0.549. The molecule has 0 spiro atoms. The minimum atomic E-state index is -0.676. The molecule has 0 aliphatic rings. The van der Waals surface area contributed by atoms with Gasteiger partial charge in [-0.15, -0.1) is 0 Å². The van der Waals surface area contributed by atoms with Crippen molar-refractivity contribution in [3.05, 3.63) is 35.4 Å². The van der Waals surface area contributed by atoms with Crippen molar-refractivity contribution in [3.63, 3.8) is 0 Å². The van der Waals surface area contributed by atoms with E-state index in [1.807, 2.05) is 12.1 Å². The fraction of sp³-hybridized carbons (Fsp3) is 0.333. The van der Waals surface area contributed by atoms with Crippen LogP contribution < -0.4 is 0 Å². The molecular weight excluding hydrogens is 192 g/mol. The zero-order valence-electron chi connectivity index (χ0n) is 9.03. The van der Waals surface area contributed by atoms with Gasteiger partial charge in [-0.2, -0.15) is 0 Å². The average Bonchev–Trinajstić information content (AvgIpc) is 2.17. The van der Waals surface area contributed by atoms with Crippen molar-refractivity contribution in [2.24, 2.45) is 0 Å². The summed E-state index contributed by atoms with van der Waals surface area (Å²) in [6.45, 7) is 7.36. The largest absolute Gasteiger partial charge is 0.425 e. The van der Waals surface area contributed by atoms with Crippen molar-refractivity contribution in [1.82, 2.24) is 0 Å². The Hall–Kier alpha value is -1.64. The Balaban J connectivity index is 2.90. The number of hydrogen-bond acceptors (Lipinski definition) is 3. The maximum absolute atomic E-state index is 11.1. The first kappa shape index (κ1) is 11.4. The third kappa shape index (κ3) is 2.91. The molecule has 0 N–H and O–H groups in total. The zero-order valence-corrected chi connectivity index (χ0v) is 9.03. The lowest BCUT2D eigenvalue weighted by atomic mass is 9.87. The van der Waals surface area contributed by atoms with Gasteiger partial charge < -0.3 is 4.74 Å². The molecule has 1 rings (SSSR count). The molecule has 0 bridgehead atoms. The van der Waals surface area contributed by atoms with Crippen molar-refractivity contribution in [2.45, 2.75) is 26.2 Å². The second-order valence-electron chi connectivity index (χ2n) is 4.30. The average molecular weight is 205 g/mol. The topological polar surface area (TPSA) is 43.4 Å². The van der Waals surface area contributed by atoms with Crippen LogP contribution in [0.15, 0.2) is 24.3 Å². The third-order valence-corrected chi connectivity index (χ3v) is 2.12. The van der Waals surface area contributed by atoms with Crippen LogP contribution in [0.4, 0.5) is 0 Å². The molecule has 0 fully saturated rings. The number of carbonyl (C=O) groups is 1. The fourth-order valence-corrected chi connectivity index (χ4v) is 1.20. The smallest absolute Gasteiger partial charge is 0.381 e. The van der Waals surface area contributed by atoms with Crippen LogP contribution in [0.5, 0.6) is 0 Å². The molecule has 1 aromatic carbocycles. The van der Waals surface area contributed by atoms with Crippen LogP contribution >= 0.6 is 0 Å². The Bertz CT molecular complexity index is 357. The van der Waals surface area contributed by atoms with E-state index in [1.165, 1.54) is 0 Å². The number of ether oxygens (including phenoxy) is 1. The van der Waals surface area contributed by atoms with Crippen molar-refractivity contribution >= 4 is 12.4 Å². The number of carbonyl (C=O) groups excluding carboxylic acids is 2. The number of benzene rings is 1. The normalized spacial score (nSPS) is 10.9. The predicted octanol–water partition coefficient (Wildman–Crippen LogP) is 2.21. The molecule has 0 saturated heterocycles. The van der Waals surface area contributed by atoms with E-state index >= 15 is 0 Å². The molecule has 79 valence electrons. The molecule has 0 aromatic heterocycles. The van der Waals surface area contributed by atoms with Crippen LogP contribution in [0.25, 0.3) is 0 Å². The standard InChI is InChI=1S/C12H13O3/c1-12(2,3)10-6-4-9(5-7-10)11(14)15-8-13/h4-7H,1-3H3. The van der Waals surface area contributed by atoms with E-state index in [1.54, 1.807) is 12.1 Å². The molecular formula is C12H13O3. The Morgan fingerprint density at radius 3 is 2.13 bits per heavy atom. The molecule has 0 atom stereocenters. The molecule has 0 heterocycles. The van der Waals surface area contributed by atoms with Gasteiger partial charge in [-0.05, 0) is 23.1 Å².